The van der Waals surface area contributed by atoms with E-state index in [1.165, 1.54) is 6.42 Å². The fourth-order valence-electron chi connectivity index (χ4n) is 3.60. The van der Waals surface area contributed by atoms with Gasteiger partial charge in [-0.15, -0.1) is 0 Å². The van der Waals surface area contributed by atoms with Crippen LogP contribution in [-0.4, -0.2) is 32.1 Å². The lowest BCUT2D eigenvalue weighted by Crippen LogP contribution is -2.41. The molecule has 0 radical (unpaired) electrons. The molecule has 1 aliphatic heterocycles. The van der Waals surface area contributed by atoms with Gasteiger partial charge in [-0.1, -0.05) is 13.8 Å². The lowest BCUT2D eigenvalue weighted by molar-refractivity contribution is -0.129. The highest BCUT2D eigenvalue weighted by molar-refractivity contribution is 5.84. The van der Waals surface area contributed by atoms with E-state index in [0.717, 1.165) is 12.8 Å². The van der Waals surface area contributed by atoms with E-state index >= 15 is 0 Å². The van der Waals surface area contributed by atoms with E-state index in [9.17, 15) is 4.79 Å². The summed E-state index contributed by atoms with van der Waals surface area (Å²) in [5.41, 5.74) is 0. The minimum Gasteiger partial charge on any atom is -0.379 e. The third-order valence-corrected chi connectivity index (χ3v) is 4.40. The fourth-order valence-corrected chi connectivity index (χ4v) is 3.60. The SMILES string of the molecule is CNC1COCC1C(=O)C1CC(C)CC(C)C1. The van der Waals surface area contributed by atoms with Crippen LogP contribution < -0.4 is 5.32 Å². The third kappa shape index (κ3) is 2.89. The van der Waals surface area contributed by atoms with Crippen LogP contribution in [-0.2, 0) is 9.53 Å². The maximum absolute atomic E-state index is 12.5. The molecule has 0 amide bonds. The molecule has 17 heavy (non-hydrogen) atoms. The standard InChI is InChI=1S/C14H25NO2/c1-9-4-10(2)6-11(5-9)14(16)12-7-17-8-13(12)15-3/h9-13,15H,4-8H2,1-3H3. The number of hydrogen-bond acceptors (Lipinski definition) is 3. The van der Waals surface area contributed by atoms with E-state index < -0.39 is 0 Å². The molecule has 1 saturated heterocycles. The van der Waals surface area contributed by atoms with Gasteiger partial charge in [0, 0.05) is 12.0 Å². The highest BCUT2D eigenvalue weighted by Crippen LogP contribution is 2.35. The first-order valence-corrected chi connectivity index (χ1v) is 6.90. The number of ketones is 1. The molecule has 0 spiro atoms. The van der Waals surface area contributed by atoms with Crippen LogP contribution in [0.2, 0.25) is 0 Å². The zero-order valence-corrected chi connectivity index (χ0v) is 11.2. The largest absolute Gasteiger partial charge is 0.379 e. The van der Waals surface area contributed by atoms with E-state index in [-0.39, 0.29) is 17.9 Å². The summed E-state index contributed by atoms with van der Waals surface area (Å²) in [6, 6.07) is 0.232. The molecule has 2 rings (SSSR count). The van der Waals surface area contributed by atoms with Crippen LogP contribution in [0.15, 0.2) is 0 Å². The molecule has 98 valence electrons. The van der Waals surface area contributed by atoms with Gasteiger partial charge in [-0.05, 0) is 38.1 Å². The molecular formula is C14H25NO2. The summed E-state index contributed by atoms with van der Waals surface area (Å²) in [4.78, 5) is 12.5. The van der Waals surface area contributed by atoms with Crippen LogP contribution >= 0.6 is 0 Å². The second kappa shape index (κ2) is 5.49. The molecule has 0 aromatic rings. The minimum atomic E-state index is 0.0856. The monoisotopic (exact) mass is 239 g/mol. The summed E-state index contributed by atoms with van der Waals surface area (Å²) in [6.45, 7) is 5.85. The summed E-state index contributed by atoms with van der Waals surface area (Å²) in [7, 11) is 1.92. The van der Waals surface area contributed by atoms with E-state index in [0.29, 0.717) is 30.8 Å². The molecule has 1 aliphatic carbocycles. The summed E-state index contributed by atoms with van der Waals surface area (Å²) in [6.07, 6.45) is 3.44. The molecule has 2 aliphatic rings. The van der Waals surface area contributed by atoms with Gasteiger partial charge in [-0.3, -0.25) is 4.79 Å². The summed E-state index contributed by atoms with van der Waals surface area (Å²) < 4.78 is 5.44. The zero-order chi connectivity index (χ0) is 12.4. The Labute approximate surface area is 104 Å². The molecular weight excluding hydrogens is 214 g/mol. The number of ether oxygens (including phenoxy) is 1. The second-order valence-electron chi connectivity index (χ2n) is 6.06. The second-order valence-corrected chi connectivity index (χ2v) is 6.06. The van der Waals surface area contributed by atoms with Crippen molar-refractivity contribution in [3.8, 4) is 0 Å². The first kappa shape index (κ1) is 13.0. The lowest BCUT2D eigenvalue weighted by atomic mass is 9.72. The van der Waals surface area contributed by atoms with Crippen molar-refractivity contribution >= 4 is 5.78 Å². The van der Waals surface area contributed by atoms with Crippen molar-refractivity contribution in [3.05, 3.63) is 0 Å². The first-order valence-electron chi connectivity index (χ1n) is 6.90. The maximum Gasteiger partial charge on any atom is 0.143 e. The Hall–Kier alpha value is -0.410. The van der Waals surface area contributed by atoms with E-state index in [1.54, 1.807) is 0 Å². The van der Waals surface area contributed by atoms with Crippen LogP contribution in [0.5, 0.6) is 0 Å². The molecule has 3 heteroatoms. The zero-order valence-electron chi connectivity index (χ0n) is 11.2. The van der Waals surface area contributed by atoms with Gasteiger partial charge in [-0.25, -0.2) is 0 Å². The van der Waals surface area contributed by atoms with Crippen LogP contribution in [0.25, 0.3) is 0 Å². The Morgan fingerprint density at radius 1 is 1.12 bits per heavy atom. The van der Waals surface area contributed by atoms with Crippen molar-refractivity contribution in [2.75, 3.05) is 20.3 Å². The average Bonchev–Trinajstić information content (AvgIpc) is 2.74. The van der Waals surface area contributed by atoms with Crippen molar-refractivity contribution in [2.45, 2.75) is 39.2 Å². The fraction of sp³-hybridized carbons (Fsp3) is 0.929. The van der Waals surface area contributed by atoms with Crippen LogP contribution in [0.1, 0.15) is 33.1 Å². The van der Waals surface area contributed by atoms with Crippen LogP contribution in [0.3, 0.4) is 0 Å². The molecule has 0 aromatic carbocycles. The van der Waals surface area contributed by atoms with Crippen molar-refractivity contribution in [1.82, 2.24) is 5.32 Å². The summed E-state index contributed by atoms with van der Waals surface area (Å²) in [5, 5.41) is 3.21. The van der Waals surface area contributed by atoms with Gasteiger partial charge >= 0.3 is 0 Å². The number of likely N-dealkylation sites (N-methyl/N-ethyl adjacent to an activating group) is 1. The number of rotatable bonds is 3. The van der Waals surface area contributed by atoms with Crippen molar-refractivity contribution in [3.63, 3.8) is 0 Å². The highest BCUT2D eigenvalue weighted by atomic mass is 16.5. The van der Waals surface area contributed by atoms with Gasteiger partial charge in [0.15, 0.2) is 0 Å². The van der Waals surface area contributed by atoms with E-state index in [4.69, 9.17) is 4.74 Å². The van der Waals surface area contributed by atoms with Crippen molar-refractivity contribution in [1.29, 1.82) is 0 Å². The maximum atomic E-state index is 12.5. The van der Waals surface area contributed by atoms with Gasteiger partial charge in [0.2, 0.25) is 0 Å². The molecule has 3 nitrogen and oxygen atoms in total. The summed E-state index contributed by atoms with van der Waals surface area (Å²) in [5.74, 6) is 2.20. The molecule has 0 aromatic heterocycles. The third-order valence-electron chi connectivity index (χ3n) is 4.40. The number of hydrogen-bond donors (Lipinski definition) is 1. The predicted molar refractivity (Wildman–Crippen MR) is 67.8 cm³/mol. The number of carbonyl (C=O) groups is 1. The molecule has 1 N–H and O–H groups in total. The smallest absolute Gasteiger partial charge is 0.143 e. The molecule has 1 heterocycles. The highest BCUT2D eigenvalue weighted by Gasteiger charge is 2.38. The Morgan fingerprint density at radius 3 is 2.35 bits per heavy atom. The predicted octanol–water partition coefficient (Wildman–Crippen LogP) is 1.86. The normalized spacial score (nSPS) is 42.6. The average molecular weight is 239 g/mol. The van der Waals surface area contributed by atoms with Gasteiger partial charge in [0.25, 0.3) is 0 Å². The molecule has 1 saturated carbocycles. The Balaban J connectivity index is 1.99. The quantitative estimate of drug-likeness (QED) is 0.817. The molecule has 0 bridgehead atoms. The van der Waals surface area contributed by atoms with Gasteiger partial charge < -0.3 is 10.1 Å². The number of carbonyl (C=O) groups excluding carboxylic acids is 1. The molecule has 2 fully saturated rings. The van der Waals surface area contributed by atoms with E-state index in [1.807, 2.05) is 7.05 Å². The Morgan fingerprint density at radius 2 is 1.76 bits per heavy atom. The van der Waals surface area contributed by atoms with Crippen LogP contribution in [0, 0.1) is 23.7 Å². The summed E-state index contributed by atoms with van der Waals surface area (Å²) >= 11 is 0. The van der Waals surface area contributed by atoms with Crippen LogP contribution in [0.4, 0.5) is 0 Å². The lowest BCUT2D eigenvalue weighted by Gasteiger charge is -2.32. The Bertz CT molecular complexity index is 269. The topological polar surface area (TPSA) is 38.3 Å². The van der Waals surface area contributed by atoms with Gasteiger partial charge in [0.1, 0.15) is 5.78 Å². The number of Topliss-reactive ketones (excluding diaryl/α,β-unsaturated/α-hetero) is 1. The van der Waals surface area contributed by atoms with Gasteiger partial charge in [-0.2, -0.15) is 0 Å². The Kier molecular flexibility index (Phi) is 4.21. The van der Waals surface area contributed by atoms with E-state index in [2.05, 4.69) is 19.2 Å². The number of nitrogens with one attached hydrogen (secondary N) is 1. The molecule has 4 unspecified atom stereocenters. The minimum absolute atomic E-state index is 0.0856. The van der Waals surface area contributed by atoms with Crippen molar-refractivity contribution < 1.29 is 9.53 Å². The first-order chi connectivity index (χ1) is 8.11. The van der Waals surface area contributed by atoms with Crippen molar-refractivity contribution in [2.24, 2.45) is 23.7 Å². The molecule has 4 atom stereocenters. The van der Waals surface area contributed by atoms with Gasteiger partial charge in [0.05, 0.1) is 19.1 Å².